The SMILES string of the molecule is CC1=C(/C=C/C=C(C)/C=C/C2(C)CC(/C=C/C=C(C)/C=C/C3=C(C)CCCC3(C)C)=CC=C2C=O)C(C)(C)CCC1. The lowest BCUT2D eigenvalue weighted by Gasteiger charge is -2.32. The lowest BCUT2D eigenvalue weighted by atomic mass is 9.72. The minimum absolute atomic E-state index is 0.249. The van der Waals surface area contributed by atoms with Crippen LogP contribution in [0.15, 0.2) is 117 Å². The minimum atomic E-state index is -0.325. The monoisotopic (exact) mass is 550 g/mol. The van der Waals surface area contributed by atoms with Crippen LogP contribution in [0.1, 0.15) is 107 Å². The van der Waals surface area contributed by atoms with E-state index in [-0.39, 0.29) is 16.2 Å². The van der Waals surface area contributed by atoms with Crippen LogP contribution in [0, 0.1) is 16.2 Å². The molecular formula is C40H54O. The van der Waals surface area contributed by atoms with Crippen LogP contribution in [-0.2, 0) is 4.79 Å². The first-order valence-electron chi connectivity index (χ1n) is 15.6. The smallest absolute Gasteiger partial charge is 0.146 e. The summed E-state index contributed by atoms with van der Waals surface area (Å²) in [6.07, 6.45) is 35.5. The van der Waals surface area contributed by atoms with Crippen LogP contribution >= 0.6 is 0 Å². The molecule has 0 aromatic rings. The highest BCUT2D eigenvalue weighted by Crippen LogP contribution is 2.42. The molecule has 1 nitrogen and oxygen atoms in total. The molecule has 3 rings (SSSR count). The predicted molar refractivity (Wildman–Crippen MR) is 180 cm³/mol. The van der Waals surface area contributed by atoms with E-state index in [9.17, 15) is 4.79 Å². The fourth-order valence-corrected chi connectivity index (χ4v) is 6.70. The van der Waals surface area contributed by atoms with E-state index >= 15 is 0 Å². The highest BCUT2D eigenvalue weighted by molar-refractivity contribution is 5.78. The molecule has 0 aromatic heterocycles. The summed E-state index contributed by atoms with van der Waals surface area (Å²) in [4.78, 5) is 11.9. The van der Waals surface area contributed by atoms with Crippen molar-refractivity contribution in [3.8, 4) is 0 Å². The van der Waals surface area contributed by atoms with Gasteiger partial charge < -0.3 is 0 Å². The second-order valence-corrected chi connectivity index (χ2v) is 14.1. The molecule has 0 aliphatic heterocycles. The summed E-state index contributed by atoms with van der Waals surface area (Å²) in [5, 5.41) is 0. The van der Waals surface area contributed by atoms with Crippen molar-refractivity contribution in [2.75, 3.05) is 0 Å². The van der Waals surface area contributed by atoms with Crippen LogP contribution in [0.3, 0.4) is 0 Å². The average Bonchev–Trinajstić information content (AvgIpc) is 2.88. The molecule has 0 N–H and O–H groups in total. The summed E-state index contributed by atoms with van der Waals surface area (Å²) in [7, 11) is 0. The van der Waals surface area contributed by atoms with E-state index in [1.165, 1.54) is 77.5 Å². The normalized spacial score (nSPS) is 26.1. The Balaban J connectivity index is 1.68. The Bertz CT molecular complexity index is 1300. The maximum atomic E-state index is 11.9. The van der Waals surface area contributed by atoms with Crippen LogP contribution in [-0.4, -0.2) is 6.29 Å². The quantitative estimate of drug-likeness (QED) is 0.206. The molecule has 41 heavy (non-hydrogen) atoms. The second kappa shape index (κ2) is 13.8. The molecule has 3 aliphatic carbocycles. The third-order valence-corrected chi connectivity index (χ3v) is 9.44. The van der Waals surface area contributed by atoms with Crippen molar-refractivity contribution in [2.24, 2.45) is 16.2 Å². The van der Waals surface area contributed by atoms with Crippen molar-refractivity contribution < 1.29 is 4.79 Å². The molecular weight excluding hydrogens is 496 g/mol. The Morgan fingerprint density at radius 2 is 1.27 bits per heavy atom. The molecule has 3 aliphatic rings. The number of aldehydes is 1. The molecule has 1 atom stereocenters. The van der Waals surface area contributed by atoms with Gasteiger partial charge in [-0.25, -0.2) is 0 Å². The van der Waals surface area contributed by atoms with Crippen molar-refractivity contribution in [1.82, 2.24) is 0 Å². The highest BCUT2D eigenvalue weighted by atomic mass is 16.1. The second-order valence-electron chi connectivity index (χ2n) is 14.1. The van der Waals surface area contributed by atoms with Gasteiger partial charge in [-0.1, -0.05) is 130 Å². The van der Waals surface area contributed by atoms with E-state index < -0.39 is 0 Å². The maximum absolute atomic E-state index is 11.9. The van der Waals surface area contributed by atoms with Gasteiger partial charge in [0.15, 0.2) is 0 Å². The third-order valence-electron chi connectivity index (χ3n) is 9.44. The summed E-state index contributed by atoms with van der Waals surface area (Å²) in [6.45, 7) is 20.5. The van der Waals surface area contributed by atoms with E-state index in [4.69, 9.17) is 0 Å². The molecule has 1 heteroatoms. The molecule has 0 saturated carbocycles. The van der Waals surface area contributed by atoms with Crippen LogP contribution in [0.25, 0.3) is 0 Å². The van der Waals surface area contributed by atoms with Crippen LogP contribution in [0.2, 0.25) is 0 Å². The van der Waals surface area contributed by atoms with E-state index in [0.717, 1.165) is 18.3 Å². The van der Waals surface area contributed by atoms with Crippen LogP contribution < -0.4 is 0 Å². The van der Waals surface area contributed by atoms with Gasteiger partial charge >= 0.3 is 0 Å². The van der Waals surface area contributed by atoms with E-state index in [1.807, 2.05) is 6.08 Å². The molecule has 0 amide bonds. The lowest BCUT2D eigenvalue weighted by molar-refractivity contribution is -0.105. The van der Waals surface area contributed by atoms with Crippen molar-refractivity contribution in [1.29, 1.82) is 0 Å². The highest BCUT2D eigenvalue weighted by Gasteiger charge is 2.29. The summed E-state index contributed by atoms with van der Waals surface area (Å²) in [6, 6.07) is 0. The molecule has 0 heterocycles. The number of allylic oxidation sites excluding steroid dienone is 20. The molecule has 0 radical (unpaired) electrons. The predicted octanol–water partition coefficient (Wildman–Crippen LogP) is 11.6. The average molecular weight is 551 g/mol. The number of rotatable bonds is 9. The molecule has 1 unspecified atom stereocenters. The molecule has 0 spiro atoms. The van der Waals surface area contributed by atoms with Crippen molar-refractivity contribution in [2.45, 2.75) is 107 Å². The van der Waals surface area contributed by atoms with Crippen LogP contribution in [0.5, 0.6) is 0 Å². The Kier molecular flexibility index (Phi) is 11.0. The van der Waals surface area contributed by atoms with Gasteiger partial charge in [0.05, 0.1) is 0 Å². The number of hydrogen-bond donors (Lipinski definition) is 0. The zero-order valence-corrected chi connectivity index (χ0v) is 27.4. The first-order valence-corrected chi connectivity index (χ1v) is 15.6. The summed E-state index contributed by atoms with van der Waals surface area (Å²) in [5.74, 6) is 0. The van der Waals surface area contributed by atoms with E-state index in [2.05, 4.69) is 129 Å². The van der Waals surface area contributed by atoms with E-state index in [1.54, 1.807) is 0 Å². The van der Waals surface area contributed by atoms with Crippen molar-refractivity contribution in [3.63, 3.8) is 0 Å². The number of carbonyl (C=O) groups is 1. The molecule has 0 bridgehead atoms. The third kappa shape index (κ3) is 8.78. The zero-order valence-electron chi connectivity index (χ0n) is 27.4. The number of carbonyl (C=O) groups excluding carboxylic acids is 1. The van der Waals surface area contributed by atoms with Gasteiger partial charge in [0.1, 0.15) is 6.29 Å². The Morgan fingerprint density at radius 3 is 1.83 bits per heavy atom. The molecule has 0 aromatic carbocycles. The van der Waals surface area contributed by atoms with Gasteiger partial charge in [0.2, 0.25) is 0 Å². The van der Waals surface area contributed by atoms with Crippen LogP contribution in [0.4, 0.5) is 0 Å². The first-order chi connectivity index (χ1) is 19.3. The standard InChI is InChI=1S/C40H54O/c1-30(20-23-37-33(4)17-13-26-39(37,7)8)14-10-18-34-21-22-35(29-41)40(9,28-34)27-24-31(2)15-11-19-36-32(3)16-12-25-38(36,5)6/h10-11,14-15,18-24,27,29H,12-13,16-17,25-26,28H2,1-9H3/b18-10+,19-11+,23-20+,27-24+,30-14+,31-15+. The lowest BCUT2D eigenvalue weighted by Crippen LogP contribution is -2.20. The fraction of sp³-hybridized carbons (Fsp3) is 0.475. The Morgan fingerprint density at radius 1 is 0.732 bits per heavy atom. The van der Waals surface area contributed by atoms with E-state index in [0.29, 0.717) is 0 Å². The summed E-state index contributed by atoms with van der Waals surface area (Å²) in [5.41, 5.74) is 10.7. The van der Waals surface area contributed by atoms with Gasteiger partial charge in [-0.05, 0) is 100 Å². The molecule has 0 saturated heterocycles. The van der Waals surface area contributed by atoms with Gasteiger partial charge in [0.25, 0.3) is 0 Å². The number of hydrogen-bond acceptors (Lipinski definition) is 1. The molecule has 220 valence electrons. The van der Waals surface area contributed by atoms with Gasteiger partial charge in [-0.3, -0.25) is 4.79 Å². The fourth-order valence-electron chi connectivity index (χ4n) is 6.70. The minimum Gasteiger partial charge on any atom is -0.298 e. The topological polar surface area (TPSA) is 17.1 Å². The van der Waals surface area contributed by atoms with Crippen molar-refractivity contribution >= 4 is 6.29 Å². The largest absolute Gasteiger partial charge is 0.298 e. The first kappa shape index (κ1) is 32.6. The zero-order chi connectivity index (χ0) is 30.3. The van der Waals surface area contributed by atoms with Crippen molar-refractivity contribution in [3.05, 3.63) is 117 Å². The Hall–Kier alpha value is -2.93. The summed E-state index contributed by atoms with van der Waals surface area (Å²) >= 11 is 0. The Labute approximate surface area is 251 Å². The van der Waals surface area contributed by atoms with Gasteiger partial charge in [-0.15, -0.1) is 0 Å². The summed E-state index contributed by atoms with van der Waals surface area (Å²) < 4.78 is 0. The molecule has 0 fully saturated rings. The maximum Gasteiger partial charge on any atom is 0.146 e. The van der Waals surface area contributed by atoms with Gasteiger partial charge in [-0.2, -0.15) is 0 Å². The van der Waals surface area contributed by atoms with Gasteiger partial charge in [0, 0.05) is 11.0 Å².